The summed E-state index contributed by atoms with van der Waals surface area (Å²) in [5, 5.41) is 26.4. The molecule has 0 saturated heterocycles. The van der Waals surface area contributed by atoms with E-state index in [4.69, 9.17) is 9.84 Å². The van der Waals surface area contributed by atoms with Gasteiger partial charge in [-0.1, -0.05) is 31.0 Å². The smallest absolute Gasteiger partial charge is 0.311 e. The molecule has 2 heterocycles. The molecule has 2 amide bonds. The third-order valence-corrected chi connectivity index (χ3v) is 7.25. The summed E-state index contributed by atoms with van der Waals surface area (Å²) in [5.74, 6) is -0.870. The van der Waals surface area contributed by atoms with Gasteiger partial charge >= 0.3 is 5.69 Å². The van der Waals surface area contributed by atoms with Crippen LogP contribution in [-0.2, 0) is 9.59 Å². The van der Waals surface area contributed by atoms with Crippen LogP contribution in [0.4, 0.5) is 5.69 Å². The number of carbonyl (C=O) groups excluding carboxylic acids is 2. The molecule has 1 aromatic heterocycles. The molecule has 0 N–H and O–H groups in total. The van der Waals surface area contributed by atoms with Gasteiger partial charge in [-0.15, -0.1) is 0 Å². The van der Waals surface area contributed by atoms with E-state index in [1.165, 1.54) is 17.0 Å². The fraction of sp³-hybridized carbons (Fsp3) is 0.267. The number of rotatable bonds is 7. The molecule has 0 spiro atoms. The molecule has 0 unspecified atom stereocenters. The molecule has 0 atom stereocenters. The molecule has 1 saturated carbocycles. The van der Waals surface area contributed by atoms with Gasteiger partial charge in [-0.3, -0.25) is 24.6 Å². The monoisotopic (exact) mass is 537 g/mol. The lowest BCUT2D eigenvalue weighted by atomic mass is 9.92. The number of carbonyl (C=O) groups is 2. The van der Waals surface area contributed by atoms with Gasteiger partial charge in [0.15, 0.2) is 5.75 Å². The molecule has 1 fully saturated rings. The third-order valence-electron chi connectivity index (χ3n) is 7.25. The van der Waals surface area contributed by atoms with Crippen LogP contribution in [0.25, 0.3) is 23.0 Å². The second-order valence-electron chi connectivity index (χ2n) is 9.67. The van der Waals surface area contributed by atoms with Crippen LogP contribution in [0.2, 0.25) is 0 Å². The second-order valence-corrected chi connectivity index (χ2v) is 9.67. The normalized spacial score (nSPS) is 17.0. The Hall–Kier alpha value is -5.04. The van der Waals surface area contributed by atoms with Gasteiger partial charge in [-0.2, -0.15) is 10.4 Å². The van der Waals surface area contributed by atoms with Crippen LogP contribution in [-0.4, -0.2) is 44.1 Å². The van der Waals surface area contributed by atoms with Gasteiger partial charge in [0.2, 0.25) is 0 Å². The van der Waals surface area contributed by atoms with Gasteiger partial charge in [-0.05, 0) is 62.6 Å². The molecule has 0 bridgehead atoms. The van der Waals surface area contributed by atoms with Crippen LogP contribution in [0, 0.1) is 21.4 Å². The molecule has 2 aliphatic rings. The van der Waals surface area contributed by atoms with E-state index in [0.29, 0.717) is 35.2 Å². The van der Waals surface area contributed by atoms with Crippen LogP contribution in [0.15, 0.2) is 71.4 Å². The third kappa shape index (κ3) is 4.78. The summed E-state index contributed by atoms with van der Waals surface area (Å²) in [5.41, 5.74) is 2.34. The summed E-state index contributed by atoms with van der Waals surface area (Å²) < 4.78 is 7.07. The highest BCUT2D eigenvalue weighted by molar-refractivity contribution is 6.20. The molecule has 10 nitrogen and oxygen atoms in total. The highest BCUT2D eigenvalue weighted by Crippen LogP contribution is 2.37. The summed E-state index contributed by atoms with van der Waals surface area (Å²) in [6, 6.07) is 15.7. The maximum atomic E-state index is 13.7. The van der Waals surface area contributed by atoms with Crippen LogP contribution >= 0.6 is 0 Å². The van der Waals surface area contributed by atoms with Gasteiger partial charge in [0.1, 0.15) is 17.3 Å². The SMILES string of the molecule is CCOc1ccc(-c2nn(-c3ccccc3)cc2/C=C2/C(=O)N(C3CCCC3)C(=O)C(C#N)=C2C)cc1[N+](=O)[O-]. The van der Waals surface area contributed by atoms with E-state index in [0.717, 1.165) is 18.5 Å². The van der Waals surface area contributed by atoms with Gasteiger partial charge in [0.05, 0.1) is 17.2 Å². The number of nitro groups is 1. The Bertz CT molecular complexity index is 1610. The number of nitrogens with zero attached hydrogens (tertiary/aromatic N) is 5. The lowest BCUT2D eigenvalue weighted by Crippen LogP contribution is -2.47. The number of para-hydroxylation sites is 1. The quantitative estimate of drug-likeness (QED) is 0.171. The molecule has 3 aromatic rings. The minimum atomic E-state index is -0.559. The number of ether oxygens (including phenoxy) is 1. The standard InChI is InChI=1S/C30H27N5O5/c1-3-40-27-14-13-20(16-26(27)35(38)39)28-21(18-33(32-28)22-9-5-4-6-10-22)15-24-19(2)25(17-31)30(37)34(29(24)36)23-11-7-8-12-23/h4-6,9-10,13-16,18,23H,3,7-8,11-12H2,1-2H3/b24-15+. The highest BCUT2D eigenvalue weighted by atomic mass is 16.6. The number of amides is 2. The molecule has 40 heavy (non-hydrogen) atoms. The first-order valence-corrected chi connectivity index (χ1v) is 13.1. The Balaban J connectivity index is 1.70. The van der Waals surface area contributed by atoms with Crippen molar-refractivity contribution in [3.8, 4) is 28.8 Å². The Labute approximate surface area is 230 Å². The molecular weight excluding hydrogens is 510 g/mol. The zero-order chi connectivity index (χ0) is 28.4. The topological polar surface area (TPSA) is 131 Å². The summed E-state index contributed by atoms with van der Waals surface area (Å²) in [6.45, 7) is 3.61. The van der Waals surface area contributed by atoms with Crippen LogP contribution in [0.5, 0.6) is 5.75 Å². The number of nitriles is 1. The number of hydrogen-bond acceptors (Lipinski definition) is 7. The van der Waals surface area contributed by atoms with E-state index in [2.05, 4.69) is 0 Å². The van der Waals surface area contributed by atoms with Crippen molar-refractivity contribution >= 4 is 23.6 Å². The average Bonchev–Trinajstić information content (AvgIpc) is 3.63. The van der Waals surface area contributed by atoms with Gasteiger partial charge in [0, 0.05) is 35.0 Å². The molecule has 5 rings (SSSR count). The Kier molecular flexibility index (Phi) is 7.29. The zero-order valence-electron chi connectivity index (χ0n) is 22.2. The van der Waals surface area contributed by atoms with E-state index < -0.39 is 16.7 Å². The van der Waals surface area contributed by atoms with Crippen molar-refractivity contribution in [3.63, 3.8) is 0 Å². The number of hydrogen-bond donors (Lipinski definition) is 0. The lowest BCUT2D eigenvalue weighted by molar-refractivity contribution is -0.385. The molecule has 1 aliphatic carbocycles. The number of imide groups is 1. The van der Waals surface area contributed by atoms with Crippen molar-refractivity contribution in [1.29, 1.82) is 5.26 Å². The van der Waals surface area contributed by atoms with Gasteiger partial charge in [0.25, 0.3) is 11.8 Å². The van der Waals surface area contributed by atoms with Crippen molar-refractivity contribution in [2.75, 3.05) is 6.61 Å². The van der Waals surface area contributed by atoms with E-state index in [-0.39, 0.29) is 35.2 Å². The van der Waals surface area contributed by atoms with E-state index in [9.17, 15) is 25.0 Å². The maximum Gasteiger partial charge on any atom is 0.311 e. The van der Waals surface area contributed by atoms with Gasteiger partial charge < -0.3 is 4.74 Å². The molecule has 2 aromatic carbocycles. The number of benzene rings is 2. The second kappa shape index (κ2) is 11.0. The minimum Gasteiger partial charge on any atom is -0.487 e. The largest absolute Gasteiger partial charge is 0.487 e. The Morgan fingerprint density at radius 3 is 2.52 bits per heavy atom. The molecule has 10 heteroatoms. The average molecular weight is 538 g/mol. The molecule has 202 valence electrons. The van der Waals surface area contributed by atoms with E-state index >= 15 is 0 Å². The Morgan fingerprint density at radius 2 is 1.88 bits per heavy atom. The molecule has 0 radical (unpaired) electrons. The minimum absolute atomic E-state index is 0.0635. The fourth-order valence-electron chi connectivity index (χ4n) is 5.26. The summed E-state index contributed by atoms with van der Waals surface area (Å²) in [7, 11) is 0. The van der Waals surface area contributed by atoms with Gasteiger partial charge in [-0.25, -0.2) is 4.68 Å². The predicted octanol–water partition coefficient (Wildman–Crippen LogP) is 5.38. The van der Waals surface area contributed by atoms with E-state index in [1.807, 2.05) is 36.4 Å². The lowest BCUT2D eigenvalue weighted by Gasteiger charge is -2.32. The zero-order valence-corrected chi connectivity index (χ0v) is 22.2. The van der Waals surface area contributed by atoms with Crippen molar-refractivity contribution in [1.82, 2.24) is 14.7 Å². The molecular formula is C30H27N5O5. The maximum absolute atomic E-state index is 13.7. The number of nitro benzene ring substituents is 1. The number of aromatic nitrogens is 2. The van der Waals surface area contributed by atoms with Crippen LogP contribution in [0.1, 0.15) is 45.1 Å². The Morgan fingerprint density at radius 1 is 1.15 bits per heavy atom. The summed E-state index contributed by atoms with van der Waals surface area (Å²) in [4.78, 5) is 39.4. The summed E-state index contributed by atoms with van der Waals surface area (Å²) in [6.07, 6.45) is 6.58. The first-order chi connectivity index (χ1) is 19.3. The van der Waals surface area contributed by atoms with Crippen molar-refractivity contribution in [3.05, 3.63) is 87.1 Å². The fourth-order valence-corrected chi connectivity index (χ4v) is 5.26. The molecule has 1 aliphatic heterocycles. The first kappa shape index (κ1) is 26.6. The van der Waals surface area contributed by atoms with Crippen LogP contribution in [0.3, 0.4) is 0 Å². The predicted molar refractivity (Wildman–Crippen MR) is 147 cm³/mol. The highest BCUT2D eigenvalue weighted by Gasteiger charge is 2.40. The van der Waals surface area contributed by atoms with Crippen molar-refractivity contribution < 1.29 is 19.2 Å². The first-order valence-electron chi connectivity index (χ1n) is 13.1. The van der Waals surface area contributed by atoms with E-state index in [1.54, 1.807) is 36.9 Å². The van der Waals surface area contributed by atoms with Crippen molar-refractivity contribution in [2.24, 2.45) is 0 Å². The summed E-state index contributed by atoms with van der Waals surface area (Å²) >= 11 is 0. The van der Waals surface area contributed by atoms with Crippen molar-refractivity contribution in [2.45, 2.75) is 45.6 Å². The van der Waals surface area contributed by atoms with Crippen LogP contribution < -0.4 is 4.74 Å².